The Labute approximate surface area is 121 Å². The van der Waals surface area contributed by atoms with Gasteiger partial charge in [-0.25, -0.2) is 0 Å². The first-order valence-electron chi connectivity index (χ1n) is 7.92. The number of fused-ring (bicyclic) bond motifs is 1. The molecule has 0 saturated carbocycles. The molecule has 0 spiro atoms. The SMILES string of the molecule is O=C(NCc1ccc2c(c1)CCCC2)C1CCNCC1. The third-order valence-electron chi connectivity index (χ3n) is 4.59. The fourth-order valence-electron chi connectivity index (χ4n) is 3.31. The topological polar surface area (TPSA) is 41.1 Å². The maximum absolute atomic E-state index is 12.1. The van der Waals surface area contributed by atoms with Crippen LogP contribution in [0.2, 0.25) is 0 Å². The van der Waals surface area contributed by atoms with Crippen molar-refractivity contribution >= 4 is 5.91 Å². The van der Waals surface area contributed by atoms with Crippen LogP contribution in [0.25, 0.3) is 0 Å². The summed E-state index contributed by atoms with van der Waals surface area (Å²) in [4.78, 5) is 12.1. The minimum atomic E-state index is 0.203. The van der Waals surface area contributed by atoms with Gasteiger partial charge in [0.25, 0.3) is 0 Å². The monoisotopic (exact) mass is 272 g/mol. The molecule has 2 N–H and O–H groups in total. The highest BCUT2D eigenvalue weighted by Gasteiger charge is 2.20. The first-order valence-corrected chi connectivity index (χ1v) is 7.92. The Morgan fingerprint density at radius 1 is 1.15 bits per heavy atom. The highest BCUT2D eigenvalue weighted by atomic mass is 16.1. The molecule has 0 atom stereocenters. The Morgan fingerprint density at radius 2 is 1.90 bits per heavy atom. The van der Waals surface area contributed by atoms with Crippen molar-refractivity contribution in [3.8, 4) is 0 Å². The summed E-state index contributed by atoms with van der Waals surface area (Å²) in [6.07, 6.45) is 6.98. The lowest BCUT2D eigenvalue weighted by Gasteiger charge is -2.22. The van der Waals surface area contributed by atoms with Gasteiger partial charge in [-0.05, 0) is 68.3 Å². The van der Waals surface area contributed by atoms with Crippen LogP contribution < -0.4 is 10.6 Å². The Morgan fingerprint density at radius 3 is 2.70 bits per heavy atom. The van der Waals surface area contributed by atoms with Gasteiger partial charge in [-0.1, -0.05) is 18.2 Å². The number of rotatable bonds is 3. The van der Waals surface area contributed by atoms with E-state index >= 15 is 0 Å². The van der Waals surface area contributed by atoms with Gasteiger partial charge < -0.3 is 10.6 Å². The fourth-order valence-corrected chi connectivity index (χ4v) is 3.31. The molecule has 1 saturated heterocycles. The highest BCUT2D eigenvalue weighted by Crippen LogP contribution is 2.22. The normalized spacial score (nSPS) is 19.4. The van der Waals surface area contributed by atoms with Crippen LogP contribution in [0.4, 0.5) is 0 Å². The minimum Gasteiger partial charge on any atom is -0.352 e. The van der Waals surface area contributed by atoms with Crippen molar-refractivity contribution in [2.75, 3.05) is 13.1 Å². The average Bonchev–Trinajstić information content (AvgIpc) is 2.53. The molecule has 1 aliphatic carbocycles. The summed E-state index contributed by atoms with van der Waals surface area (Å²) in [5.41, 5.74) is 4.24. The molecule has 0 bridgehead atoms. The van der Waals surface area contributed by atoms with Crippen molar-refractivity contribution in [2.24, 2.45) is 5.92 Å². The molecular weight excluding hydrogens is 248 g/mol. The molecule has 1 aromatic carbocycles. The lowest BCUT2D eigenvalue weighted by molar-refractivity contribution is -0.125. The van der Waals surface area contributed by atoms with Crippen LogP contribution in [0.1, 0.15) is 42.4 Å². The number of carbonyl (C=O) groups excluding carboxylic acids is 1. The summed E-state index contributed by atoms with van der Waals surface area (Å²) >= 11 is 0. The molecule has 2 aliphatic rings. The number of nitrogens with one attached hydrogen (secondary N) is 2. The molecule has 3 nitrogen and oxygen atoms in total. The van der Waals surface area contributed by atoms with Gasteiger partial charge in [0.1, 0.15) is 0 Å². The predicted molar refractivity (Wildman–Crippen MR) is 80.5 cm³/mol. The van der Waals surface area contributed by atoms with Crippen LogP contribution in [0.3, 0.4) is 0 Å². The maximum Gasteiger partial charge on any atom is 0.223 e. The second-order valence-corrected chi connectivity index (χ2v) is 6.05. The van der Waals surface area contributed by atoms with Crippen molar-refractivity contribution in [1.82, 2.24) is 10.6 Å². The van der Waals surface area contributed by atoms with Crippen molar-refractivity contribution in [1.29, 1.82) is 0 Å². The van der Waals surface area contributed by atoms with Gasteiger partial charge >= 0.3 is 0 Å². The van der Waals surface area contributed by atoms with Crippen molar-refractivity contribution < 1.29 is 4.79 Å². The predicted octanol–water partition coefficient (Wildman–Crippen LogP) is 2.18. The van der Waals surface area contributed by atoms with Gasteiger partial charge in [0.05, 0.1) is 0 Å². The molecule has 0 aromatic heterocycles. The zero-order chi connectivity index (χ0) is 13.8. The summed E-state index contributed by atoms with van der Waals surface area (Å²) < 4.78 is 0. The van der Waals surface area contributed by atoms with Crippen molar-refractivity contribution in [3.05, 3.63) is 34.9 Å². The Balaban J connectivity index is 1.56. The summed E-state index contributed by atoms with van der Waals surface area (Å²) in [7, 11) is 0. The van der Waals surface area contributed by atoms with Crippen LogP contribution in [-0.2, 0) is 24.2 Å². The Bertz CT molecular complexity index is 478. The molecule has 0 unspecified atom stereocenters. The highest BCUT2D eigenvalue weighted by molar-refractivity contribution is 5.78. The van der Waals surface area contributed by atoms with E-state index in [2.05, 4.69) is 28.8 Å². The molecule has 1 amide bonds. The van der Waals surface area contributed by atoms with E-state index in [1.807, 2.05) is 0 Å². The van der Waals surface area contributed by atoms with E-state index in [1.165, 1.54) is 42.4 Å². The molecule has 0 radical (unpaired) electrons. The van der Waals surface area contributed by atoms with Gasteiger partial charge in [-0.2, -0.15) is 0 Å². The zero-order valence-electron chi connectivity index (χ0n) is 12.1. The quantitative estimate of drug-likeness (QED) is 0.885. The van der Waals surface area contributed by atoms with Crippen molar-refractivity contribution in [3.63, 3.8) is 0 Å². The third-order valence-corrected chi connectivity index (χ3v) is 4.59. The van der Waals surface area contributed by atoms with E-state index in [4.69, 9.17) is 0 Å². The van der Waals surface area contributed by atoms with E-state index in [9.17, 15) is 4.79 Å². The summed E-state index contributed by atoms with van der Waals surface area (Å²) in [5.74, 6) is 0.429. The molecule has 1 fully saturated rings. The van der Waals surface area contributed by atoms with Gasteiger partial charge in [0.15, 0.2) is 0 Å². The lowest BCUT2D eigenvalue weighted by Crippen LogP contribution is -2.37. The average molecular weight is 272 g/mol. The molecule has 20 heavy (non-hydrogen) atoms. The number of aryl methyl sites for hydroxylation is 2. The molecule has 1 aliphatic heterocycles. The standard InChI is InChI=1S/C17H24N2O/c20-17(15-7-9-18-10-8-15)19-12-13-5-6-14-3-1-2-4-16(14)11-13/h5-6,11,15,18H,1-4,7-10,12H2,(H,19,20). The second kappa shape index (κ2) is 6.40. The number of piperidine rings is 1. The first kappa shape index (κ1) is 13.6. The molecular formula is C17H24N2O. The van der Waals surface area contributed by atoms with Gasteiger partial charge in [0, 0.05) is 12.5 Å². The molecule has 108 valence electrons. The van der Waals surface area contributed by atoms with E-state index in [-0.39, 0.29) is 11.8 Å². The van der Waals surface area contributed by atoms with Crippen LogP contribution in [-0.4, -0.2) is 19.0 Å². The van der Waals surface area contributed by atoms with E-state index < -0.39 is 0 Å². The number of carbonyl (C=O) groups is 1. The fraction of sp³-hybridized carbons (Fsp3) is 0.588. The second-order valence-electron chi connectivity index (χ2n) is 6.05. The maximum atomic E-state index is 12.1. The van der Waals surface area contributed by atoms with Crippen LogP contribution in [0.15, 0.2) is 18.2 Å². The Kier molecular flexibility index (Phi) is 4.36. The van der Waals surface area contributed by atoms with Crippen LogP contribution in [0.5, 0.6) is 0 Å². The smallest absolute Gasteiger partial charge is 0.223 e. The summed E-state index contributed by atoms with van der Waals surface area (Å²) in [6, 6.07) is 6.71. The summed E-state index contributed by atoms with van der Waals surface area (Å²) in [5, 5.41) is 6.41. The van der Waals surface area contributed by atoms with Gasteiger partial charge in [0.2, 0.25) is 5.91 Å². The van der Waals surface area contributed by atoms with E-state index in [0.717, 1.165) is 25.9 Å². The van der Waals surface area contributed by atoms with Gasteiger partial charge in [-0.15, -0.1) is 0 Å². The van der Waals surface area contributed by atoms with Gasteiger partial charge in [-0.3, -0.25) is 4.79 Å². The molecule has 3 heteroatoms. The molecule has 1 aromatic rings. The number of hydrogen-bond acceptors (Lipinski definition) is 2. The number of amides is 1. The number of benzene rings is 1. The lowest BCUT2D eigenvalue weighted by atomic mass is 9.90. The number of hydrogen-bond donors (Lipinski definition) is 2. The molecule has 3 rings (SSSR count). The third kappa shape index (κ3) is 3.21. The summed E-state index contributed by atoms with van der Waals surface area (Å²) in [6.45, 7) is 2.61. The van der Waals surface area contributed by atoms with E-state index in [0.29, 0.717) is 6.54 Å². The van der Waals surface area contributed by atoms with Crippen molar-refractivity contribution in [2.45, 2.75) is 45.1 Å². The zero-order valence-corrected chi connectivity index (χ0v) is 12.1. The van der Waals surface area contributed by atoms with E-state index in [1.54, 1.807) is 0 Å². The minimum absolute atomic E-state index is 0.203. The largest absolute Gasteiger partial charge is 0.352 e. The van der Waals surface area contributed by atoms with Crippen LogP contribution >= 0.6 is 0 Å². The first-order chi connectivity index (χ1) is 9.83. The Hall–Kier alpha value is -1.35. The van der Waals surface area contributed by atoms with Crippen LogP contribution in [0, 0.1) is 5.92 Å². The molecule has 1 heterocycles.